The van der Waals surface area contributed by atoms with Gasteiger partial charge in [-0.1, -0.05) is 0 Å². The van der Waals surface area contributed by atoms with Crippen LogP contribution in [0.2, 0.25) is 0 Å². The molecular formula is C19H19F2N3O5. The van der Waals surface area contributed by atoms with Crippen LogP contribution in [0.3, 0.4) is 0 Å². The topological polar surface area (TPSA) is 110 Å². The highest BCUT2D eigenvalue weighted by molar-refractivity contribution is 5.99. The molecule has 1 aromatic heterocycles. The third-order valence-electron chi connectivity index (χ3n) is 4.65. The van der Waals surface area contributed by atoms with Crippen molar-refractivity contribution in [3.05, 3.63) is 61.9 Å². The fourth-order valence-corrected chi connectivity index (χ4v) is 3.26. The number of alkyl halides is 2. The van der Waals surface area contributed by atoms with Crippen molar-refractivity contribution in [2.24, 2.45) is 0 Å². The first-order chi connectivity index (χ1) is 13.8. The normalized spacial score (nSPS) is 13.1. The molecule has 0 fully saturated rings. The number of carbonyl (C=O) groups is 2. The zero-order chi connectivity index (χ0) is 21.0. The van der Waals surface area contributed by atoms with Crippen LogP contribution in [0.15, 0.2) is 33.9 Å². The van der Waals surface area contributed by atoms with Gasteiger partial charge in [0.15, 0.2) is 5.78 Å². The second-order valence-corrected chi connectivity index (χ2v) is 6.58. The molecule has 0 unspecified atom stereocenters. The zero-order valence-corrected chi connectivity index (χ0v) is 15.4. The molecule has 0 bridgehead atoms. The maximum absolute atomic E-state index is 12.2. The number of Topliss-reactive ketones (excluding diaryl/α,β-unsaturated/α-hetero) is 1. The van der Waals surface area contributed by atoms with Crippen LogP contribution in [-0.4, -0.2) is 34.4 Å². The maximum atomic E-state index is 12.2. The van der Waals surface area contributed by atoms with Gasteiger partial charge in [-0.25, -0.2) is 4.79 Å². The van der Waals surface area contributed by atoms with Gasteiger partial charge in [0.1, 0.15) is 12.3 Å². The molecule has 154 valence electrons. The lowest BCUT2D eigenvalue weighted by atomic mass is 9.97. The Kier molecular flexibility index (Phi) is 6.20. The molecule has 0 spiro atoms. The van der Waals surface area contributed by atoms with Crippen molar-refractivity contribution in [3.63, 3.8) is 0 Å². The first-order valence-electron chi connectivity index (χ1n) is 9.05. The van der Waals surface area contributed by atoms with Gasteiger partial charge in [-0.3, -0.25) is 23.9 Å². The van der Waals surface area contributed by atoms with Crippen molar-refractivity contribution in [1.82, 2.24) is 14.9 Å². The van der Waals surface area contributed by atoms with Crippen LogP contribution in [0.4, 0.5) is 8.78 Å². The van der Waals surface area contributed by atoms with Gasteiger partial charge in [-0.15, -0.1) is 0 Å². The van der Waals surface area contributed by atoms with Crippen LogP contribution in [0.1, 0.15) is 34.5 Å². The van der Waals surface area contributed by atoms with E-state index in [0.29, 0.717) is 24.1 Å². The Labute approximate surface area is 163 Å². The van der Waals surface area contributed by atoms with E-state index in [4.69, 9.17) is 0 Å². The van der Waals surface area contributed by atoms with E-state index in [0.717, 1.165) is 12.8 Å². The average Bonchev–Trinajstić information content (AvgIpc) is 2.69. The number of fused-ring (bicyclic) bond motifs is 1. The molecule has 0 aliphatic heterocycles. The summed E-state index contributed by atoms with van der Waals surface area (Å²) in [6.45, 7) is -3.60. The Morgan fingerprint density at radius 3 is 2.52 bits per heavy atom. The largest absolute Gasteiger partial charge is 0.435 e. The second-order valence-electron chi connectivity index (χ2n) is 6.58. The Morgan fingerprint density at radius 1 is 1.14 bits per heavy atom. The molecule has 2 aromatic rings. The molecule has 1 amide bonds. The molecule has 1 aromatic carbocycles. The number of hydrogen-bond acceptors (Lipinski definition) is 5. The molecule has 29 heavy (non-hydrogen) atoms. The van der Waals surface area contributed by atoms with Crippen LogP contribution in [0.5, 0.6) is 5.75 Å². The standard InChI is InChI=1S/C19H19F2N3O5/c20-18(21)29-12-7-5-11(6-8-12)15(25)9-22-16(26)10-24-14-4-2-1-3-13(14)17(27)23-19(24)28/h5-8,18H,1-4,9-10H2,(H,22,26)(H,23,27,28). The van der Waals surface area contributed by atoms with Gasteiger partial charge in [0.2, 0.25) is 5.91 Å². The highest BCUT2D eigenvalue weighted by Gasteiger charge is 2.20. The van der Waals surface area contributed by atoms with Crippen molar-refractivity contribution in [2.75, 3.05) is 6.54 Å². The Bertz CT molecular complexity index is 1030. The molecule has 0 atom stereocenters. The maximum Gasteiger partial charge on any atom is 0.387 e. The number of benzene rings is 1. The Hall–Kier alpha value is -3.30. The van der Waals surface area contributed by atoms with E-state index in [1.165, 1.54) is 28.8 Å². The van der Waals surface area contributed by atoms with E-state index in [9.17, 15) is 28.0 Å². The lowest BCUT2D eigenvalue weighted by molar-refractivity contribution is -0.121. The van der Waals surface area contributed by atoms with Gasteiger partial charge in [-0.2, -0.15) is 8.78 Å². The predicted octanol–water partition coefficient (Wildman–Crippen LogP) is 1.02. The highest BCUT2D eigenvalue weighted by Crippen LogP contribution is 2.17. The quantitative estimate of drug-likeness (QED) is 0.666. The van der Waals surface area contributed by atoms with Crippen molar-refractivity contribution in [3.8, 4) is 5.75 Å². The fourth-order valence-electron chi connectivity index (χ4n) is 3.26. The smallest absolute Gasteiger partial charge is 0.387 e. The van der Waals surface area contributed by atoms with E-state index in [-0.39, 0.29) is 24.4 Å². The van der Waals surface area contributed by atoms with Crippen LogP contribution in [-0.2, 0) is 24.2 Å². The highest BCUT2D eigenvalue weighted by atomic mass is 19.3. The summed E-state index contributed by atoms with van der Waals surface area (Å²) < 4.78 is 29.7. The van der Waals surface area contributed by atoms with Crippen LogP contribution in [0.25, 0.3) is 0 Å². The van der Waals surface area contributed by atoms with E-state index in [1.807, 2.05) is 0 Å². The number of ketones is 1. The second kappa shape index (κ2) is 8.80. The molecule has 2 N–H and O–H groups in total. The summed E-state index contributed by atoms with van der Waals surface area (Å²) in [4.78, 5) is 50.6. The SMILES string of the molecule is O=C(Cn1c2c(c(=O)[nH]c1=O)CCCC2)NCC(=O)c1ccc(OC(F)F)cc1. The predicted molar refractivity (Wildman–Crippen MR) is 98.4 cm³/mol. The van der Waals surface area contributed by atoms with E-state index in [2.05, 4.69) is 15.0 Å². The summed E-state index contributed by atoms with van der Waals surface area (Å²) in [5.41, 5.74) is 0.208. The number of halogens is 2. The summed E-state index contributed by atoms with van der Waals surface area (Å²) >= 11 is 0. The van der Waals surface area contributed by atoms with Crippen LogP contribution < -0.4 is 21.3 Å². The third-order valence-corrected chi connectivity index (χ3v) is 4.65. The molecule has 1 aliphatic rings. The van der Waals surface area contributed by atoms with Gasteiger partial charge in [-0.05, 0) is 49.9 Å². The number of nitrogens with one attached hydrogen (secondary N) is 2. The number of hydrogen-bond donors (Lipinski definition) is 2. The summed E-state index contributed by atoms with van der Waals surface area (Å²) in [6, 6.07) is 5.09. The monoisotopic (exact) mass is 407 g/mol. The Balaban J connectivity index is 1.63. The molecule has 0 radical (unpaired) electrons. The first-order valence-corrected chi connectivity index (χ1v) is 9.05. The molecule has 8 nitrogen and oxygen atoms in total. The van der Waals surface area contributed by atoms with E-state index >= 15 is 0 Å². The average molecular weight is 407 g/mol. The number of nitrogens with zero attached hydrogens (tertiary/aromatic N) is 1. The van der Waals surface area contributed by atoms with Gasteiger partial charge >= 0.3 is 12.3 Å². The summed E-state index contributed by atoms with van der Waals surface area (Å²) in [5, 5.41) is 2.43. The number of H-pyrrole nitrogens is 1. The first kappa shape index (κ1) is 20.4. The fraction of sp³-hybridized carbons (Fsp3) is 0.368. The van der Waals surface area contributed by atoms with E-state index in [1.54, 1.807) is 0 Å². The van der Waals surface area contributed by atoms with Gasteiger partial charge < -0.3 is 10.1 Å². The van der Waals surface area contributed by atoms with Crippen molar-refractivity contribution >= 4 is 11.7 Å². The third kappa shape index (κ3) is 4.95. The number of ether oxygens (including phenoxy) is 1. The van der Waals surface area contributed by atoms with Gasteiger partial charge in [0, 0.05) is 16.8 Å². The lowest BCUT2D eigenvalue weighted by Gasteiger charge is -2.19. The molecule has 1 aliphatic carbocycles. The molecular weight excluding hydrogens is 388 g/mol. The molecule has 0 saturated carbocycles. The van der Waals surface area contributed by atoms with E-state index < -0.39 is 29.6 Å². The Morgan fingerprint density at radius 2 is 1.83 bits per heavy atom. The minimum atomic E-state index is -2.96. The number of aromatic nitrogens is 2. The summed E-state index contributed by atoms with van der Waals surface area (Å²) in [7, 11) is 0. The van der Waals surface area contributed by atoms with Crippen molar-refractivity contribution < 1.29 is 23.1 Å². The van der Waals surface area contributed by atoms with Crippen molar-refractivity contribution in [2.45, 2.75) is 38.8 Å². The number of carbonyl (C=O) groups excluding carboxylic acids is 2. The van der Waals surface area contributed by atoms with Crippen LogP contribution in [0, 0.1) is 0 Å². The molecule has 10 heteroatoms. The van der Waals surface area contributed by atoms with Gasteiger partial charge in [0.05, 0.1) is 6.54 Å². The zero-order valence-electron chi connectivity index (χ0n) is 15.4. The molecule has 1 heterocycles. The molecule has 3 rings (SSSR count). The summed E-state index contributed by atoms with van der Waals surface area (Å²) in [5.74, 6) is -1.07. The minimum absolute atomic E-state index is 0.0807. The number of aromatic amines is 1. The van der Waals surface area contributed by atoms with Crippen LogP contribution >= 0.6 is 0 Å². The molecule has 0 saturated heterocycles. The van der Waals surface area contributed by atoms with Crippen molar-refractivity contribution in [1.29, 1.82) is 0 Å². The van der Waals surface area contributed by atoms with Gasteiger partial charge in [0.25, 0.3) is 5.56 Å². The minimum Gasteiger partial charge on any atom is -0.435 e. The summed E-state index contributed by atoms with van der Waals surface area (Å²) in [6.07, 6.45) is 2.75. The number of rotatable bonds is 7. The lowest BCUT2D eigenvalue weighted by Crippen LogP contribution is -2.41. The number of amides is 1.